The van der Waals surface area contributed by atoms with Crippen molar-refractivity contribution in [1.29, 1.82) is 0 Å². The average molecular weight is 651 g/mol. The molecule has 3 aliphatic carbocycles. The molecule has 3 aromatic rings. The Balaban J connectivity index is 0.000000371. The molecule has 0 spiro atoms. The van der Waals surface area contributed by atoms with Gasteiger partial charge in [-0.05, 0) is 70.2 Å². The molecule has 0 saturated carbocycles. The van der Waals surface area contributed by atoms with Crippen LogP contribution in [-0.4, -0.2) is 0 Å². The van der Waals surface area contributed by atoms with Crippen molar-refractivity contribution in [2.45, 2.75) is 98.3 Å². The third-order valence-electron chi connectivity index (χ3n) is 8.87. The Kier molecular flexibility index (Phi) is 10.5. The number of fused-ring (bicyclic) bond motifs is 5. The molecule has 3 heteroatoms. The second-order valence-corrected chi connectivity index (χ2v) is 13.9. The normalized spacial score (nSPS) is 16.9. The molecule has 0 amide bonds. The second kappa shape index (κ2) is 12.1. The molecule has 210 valence electrons. The molecule has 3 aliphatic rings. The Hall–Kier alpha value is -1.40. The van der Waals surface area contributed by atoms with Gasteiger partial charge in [-0.2, -0.15) is 28.8 Å². The molecule has 0 fully saturated rings. The van der Waals surface area contributed by atoms with E-state index in [1.54, 1.807) is 0 Å². The molecular weight excluding hydrogens is 607 g/mol. The van der Waals surface area contributed by atoms with Crippen molar-refractivity contribution in [3.8, 4) is 11.1 Å². The van der Waals surface area contributed by atoms with Crippen molar-refractivity contribution in [2.75, 3.05) is 0 Å². The Bertz CT molecular complexity index is 1370. The summed E-state index contributed by atoms with van der Waals surface area (Å²) in [5.41, 5.74) is 18.1. The third-order valence-corrected chi connectivity index (χ3v) is 8.87. The number of rotatable bonds is 0. The third kappa shape index (κ3) is 6.33. The van der Waals surface area contributed by atoms with E-state index in [-0.39, 0.29) is 61.8 Å². The van der Waals surface area contributed by atoms with Crippen LogP contribution in [0.5, 0.6) is 0 Å². The molecule has 0 bridgehead atoms. The van der Waals surface area contributed by atoms with Gasteiger partial charge in [0.15, 0.2) is 0 Å². The van der Waals surface area contributed by atoms with Crippen molar-refractivity contribution in [1.82, 2.24) is 0 Å². The molecule has 0 radical (unpaired) electrons. The minimum atomic E-state index is 0. The predicted octanol–water partition coefficient (Wildman–Crippen LogP) is 4.26. The number of hydrogen-bond acceptors (Lipinski definition) is 0. The van der Waals surface area contributed by atoms with Gasteiger partial charge in [-0.15, -0.1) is 12.5 Å². The van der Waals surface area contributed by atoms with Gasteiger partial charge in [0.05, 0.1) is 0 Å². The van der Waals surface area contributed by atoms with E-state index in [0.717, 1.165) is 12.8 Å². The zero-order valence-electron chi connectivity index (χ0n) is 25.9. The minimum Gasteiger partial charge on any atom is -1.00 e. The van der Waals surface area contributed by atoms with Crippen LogP contribution >= 0.6 is 0 Å². The van der Waals surface area contributed by atoms with E-state index < -0.39 is 0 Å². The fourth-order valence-corrected chi connectivity index (χ4v) is 6.20. The van der Waals surface area contributed by atoms with Crippen LogP contribution < -0.4 is 24.8 Å². The smallest absolute Gasteiger partial charge is 1.00 e. The molecule has 3 aromatic carbocycles. The van der Waals surface area contributed by atoms with Crippen LogP contribution in [0.2, 0.25) is 0 Å². The van der Waals surface area contributed by atoms with Gasteiger partial charge in [0, 0.05) is 0 Å². The summed E-state index contributed by atoms with van der Waals surface area (Å²) in [5, 5.41) is 0. The molecule has 0 atom stereocenters. The first-order valence-corrected chi connectivity index (χ1v) is 14.0. The SMILES string of the molecule is CC1=C[CH-]C(C)(C)c2cc3c(cc21)-c1cc2c(cc1C3)C(C)(C)CC=C2C.Cc1cc(C(C)(C)C)c[cH-]1.[Cl-].[Cl-].[Zr+4]. The van der Waals surface area contributed by atoms with Gasteiger partial charge in [0.2, 0.25) is 0 Å². The van der Waals surface area contributed by atoms with E-state index in [9.17, 15) is 0 Å². The van der Waals surface area contributed by atoms with Gasteiger partial charge in [-0.25, -0.2) is 18.6 Å². The van der Waals surface area contributed by atoms with Crippen LogP contribution in [0.25, 0.3) is 22.3 Å². The zero-order valence-corrected chi connectivity index (χ0v) is 29.9. The summed E-state index contributed by atoms with van der Waals surface area (Å²) < 4.78 is 0. The van der Waals surface area contributed by atoms with Gasteiger partial charge < -0.3 is 24.8 Å². The molecule has 0 N–H and O–H groups in total. The first-order valence-electron chi connectivity index (χ1n) is 14.0. The summed E-state index contributed by atoms with van der Waals surface area (Å²) in [4.78, 5) is 0. The van der Waals surface area contributed by atoms with Gasteiger partial charge in [0.25, 0.3) is 0 Å². The van der Waals surface area contributed by atoms with E-state index in [1.807, 2.05) is 0 Å². The summed E-state index contributed by atoms with van der Waals surface area (Å²) in [7, 11) is 0. The van der Waals surface area contributed by atoms with E-state index in [2.05, 4.69) is 130 Å². The Morgan fingerprint density at radius 2 is 1.27 bits per heavy atom. The van der Waals surface area contributed by atoms with E-state index in [1.165, 1.54) is 66.8 Å². The fraction of sp³-hybridized carbons (Fsp3) is 0.405. The van der Waals surface area contributed by atoms with Crippen LogP contribution in [0.15, 0.2) is 54.6 Å². The van der Waals surface area contributed by atoms with E-state index >= 15 is 0 Å². The minimum absolute atomic E-state index is 0. The molecule has 0 unspecified atom stereocenters. The number of halogens is 2. The average Bonchev–Trinajstić information content (AvgIpc) is 3.41. The number of hydrogen-bond donors (Lipinski definition) is 0. The first-order chi connectivity index (χ1) is 17.2. The summed E-state index contributed by atoms with van der Waals surface area (Å²) in [6.07, 6.45) is 9.28. The van der Waals surface area contributed by atoms with Crippen molar-refractivity contribution in [3.63, 3.8) is 0 Å². The molecule has 0 nitrogen and oxygen atoms in total. The molecule has 0 aliphatic heterocycles. The van der Waals surface area contributed by atoms with Crippen LogP contribution in [0.1, 0.15) is 113 Å². The topological polar surface area (TPSA) is 0 Å². The molecule has 0 saturated heterocycles. The van der Waals surface area contributed by atoms with Gasteiger partial charge in [-0.1, -0.05) is 96.1 Å². The summed E-state index contributed by atoms with van der Waals surface area (Å²) >= 11 is 0. The number of benzene rings is 2. The monoisotopic (exact) mass is 648 g/mol. The van der Waals surface area contributed by atoms with Crippen molar-refractivity contribution in [3.05, 3.63) is 106 Å². The van der Waals surface area contributed by atoms with Gasteiger partial charge in [0.1, 0.15) is 0 Å². The molecular formula is C37H44Cl2Zr. The maximum absolute atomic E-state index is 2.51. The Morgan fingerprint density at radius 1 is 0.725 bits per heavy atom. The summed E-state index contributed by atoms with van der Waals surface area (Å²) in [6, 6.07) is 16.6. The van der Waals surface area contributed by atoms with Crippen LogP contribution in [0.3, 0.4) is 0 Å². The predicted molar refractivity (Wildman–Crippen MR) is 162 cm³/mol. The number of allylic oxidation sites excluding steroid dienone is 4. The van der Waals surface area contributed by atoms with Gasteiger partial charge in [-0.3, -0.25) is 0 Å². The van der Waals surface area contributed by atoms with Crippen LogP contribution in [0, 0.1) is 13.3 Å². The Morgan fingerprint density at radius 3 is 1.77 bits per heavy atom. The molecule has 6 rings (SSSR count). The summed E-state index contributed by atoms with van der Waals surface area (Å²) in [5.74, 6) is 0. The zero-order chi connectivity index (χ0) is 26.9. The van der Waals surface area contributed by atoms with E-state index in [0.29, 0.717) is 5.41 Å². The standard InChI is InChI=1S/C27H29.C10H15.2ClH.Zr/c1-16-7-9-26(3,4)24-12-18-11-19-13-25-21(17(2)8-10-27(25,5)6)15-23(19)22(18)14-20(16)24;1-8-5-6-9(7-8)10(2,3)4;;;/h7-9,12-15H,10-11H2,1-6H3;5-7H,1-4H3;2*1H;/q2*-1;;;+4/p-2. The quantitative estimate of drug-likeness (QED) is 0.250. The van der Waals surface area contributed by atoms with E-state index in [4.69, 9.17) is 0 Å². The van der Waals surface area contributed by atoms with Crippen molar-refractivity contribution >= 4 is 11.1 Å². The van der Waals surface area contributed by atoms with Crippen LogP contribution in [0.4, 0.5) is 0 Å². The summed E-state index contributed by atoms with van der Waals surface area (Å²) in [6.45, 7) is 22.8. The molecule has 40 heavy (non-hydrogen) atoms. The maximum Gasteiger partial charge on any atom is 4.00 e. The second-order valence-electron chi connectivity index (χ2n) is 13.9. The van der Waals surface area contributed by atoms with Gasteiger partial charge >= 0.3 is 26.2 Å². The molecule has 0 aromatic heterocycles. The Labute approximate surface area is 275 Å². The van der Waals surface area contributed by atoms with Crippen LogP contribution in [-0.2, 0) is 48.9 Å². The first kappa shape index (κ1) is 34.8. The number of aryl methyl sites for hydroxylation is 1. The van der Waals surface area contributed by atoms with Crippen molar-refractivity contribution in [2.24, 2.45) is 0 Å². The largest absolute Gasteiger partial charge is 4.00 e. The van der Waals surface area contributed by atoms with Crippen molar-refractivity contribution < 1.29 is 51.0 Å². The maximum atomic E-state index is 2.51. The molecule has 0 heterocycles. The fourth-order valence-electron chi connectivity index (χ4n) is 6.20.